The lowest BCUT2D eigenvalue weighted by atomic mass is 10.4. The molecule has 0 radical (unpaired) electrons. The number of sulfonamides is 1. The van der Waals surface area contributed by atoms with Gasteiger partial charge in [-0.3, -0.25) is 0 Å². The van der Waals surface area contributed by atoms with Crippen LogP contribution in [0.4, 0.5) is 0 Å². The third-order valence-corrected chi connectivity index (χ3v) is 3.42. The van der Waals surface area contributed by atoms with Crippen LogP contribution in [0.15, 0.2) is 23.2 Å². The summed E-state index contributed by atoms with van der Waals surface area (Å²) in [6.45, 7) is 1.20. The van der Waals surface area contributed by atoms with Crippen molar-refractivity contribution in [2.24, 2.45) is 0 Å². The Bertz CT molecular complexity index is 507. The van der Waals surface area contributed by atoms with Gasteiger partial charge < -0.3 is 5.11 Å². The Morgan fingerprint density at radius 3 is 2.94 bits per heavy atom. The SMILES string of the molecule is C[C@@H](CO)NS(=O)(=O)c1cccnc1C#N. The van der Waals surface area contributed by atoms with Crippen LogP contribution in [0.1, 0.15) is 12.6 Å². The second-order valence-electron chi connectivity index (χ2n) is 3.17. The fraction of sp³-hybridized carbons (Fsp3) is 0.333. The molecule has 0 aliphatic heterocycles. The highest BCUT2D eigenvalue weighted by atomic mass is 32.2. The number of nitriles is 1. The second-order valence-corrected chi connectivity index (χ2v) is 4.85. The molecule has 1 heterocycles. The van der Waals surface area contributed by atoms with E-state index in [0.29, 0.717) is 0 Å². The van der Waals surface area contributed by atoms with E-state index >= 15 is 0 Å². The number of aliphatic hydroxyl groups excluding tert-OH is 1. The minimum absolute atomic E-state index is 0.167. The summed E-state index contributed by atoms with van der Waals surface area (Å²) in [6, 6.07) is 3.81. The van der Waals surface area contributed by atoms with E-state index < -0.39 is 16.1 Å². The van der Waals surface area contributed by atoms with Crippen LogP contribution in [-0.2, 0) is 10.0 Å². The lowest BCUT2D eigenvalue weighted by Crippen LogP contribution is -2.35. The lowest BCUT2D eigenvalue weighted by Gasteiger charge is -2.11. The van der Waals surface area contributed by atoms with Crippen LogP contribution >= 0.6 is 0 Å². The molecular formula is C9H11N3O3S. The Kier molecular flexibility index (Phi) is 3.95. The average Bonchev–Trinajstić information content (AvgIpc) is 2.28. The molecule has 0 saturated heterocycles. The topological polar surface area (TPSA) is 103 Å². The van der Waals surface area contributed by atoms with Gasteiger partial charge in [-0.25, -0.2) is 18.1 Å². The van der Waals surface area contributed by atoms with E-state index in [4.69, 9.17) is 10.4 Å². The first kappa shape index (κ1) is 12.6. The van der Waals surface area contributed by atoms with Crippen molar-refractivity contribution in [3.05, 3.63) is 24.0 Å². The summed E-state index contributed by atoms with van der Waals surface area (Å²) in [7, 11) is -3.81. The van der Waals surface area contributed by atoms with Gasteiger partial charge in [-0.2, -0.15) is 5.26 Å². The van der Waals surface area contributed by atoms with Crippen molar-refractivity contribution < 1.29 is 13.5 Å². The summed E-state index contributed by atoms with van der Waals surface area (Å²) in [5, 5.41) is 17.5. The number of nitrogens with one attached hydrogen (secondary N) is 1. The minimum Gasteiger partial charge on any atom is -0.395 e. The van der Waals surface area contributed by atoms with Crippen molar-refractivity contribution in [1.82, 2.24) is 9.71 Å². The van der Waals surface area contributed by atoms with Gasteiger partial charge in [0.2, 0.25) is 10.0 Å². The van der Waals surface area contributed by atoms with Gasteiger partial charge >= 0.3 is 0 Å². The highest BCUT2D eigenvalue weighted by molar-refractivity contribution is 7.89. The Morgan fingerprint density at radius 2 is 2.38 bits per heavy atom. The Balaban J connectivity index is 3.13. The van der Waals surface area contributed by atoms with Crippen molar-refractivity contribution in [3.8, 4) is 6.07 Å². The lowest BCUT2D eigenvalue weighted by molar-refractivity contribution is 0.265. The van der Waals surface area contributed by atoms with Crippen molar-refractivity contribution in [3.63, 3.8) is 0 Å². The molecule has 7 heteroatoms. The fourth-order valence-electron chi connectivity index (χ4n) is 1.06. The Morgan fingerprint density at radius 1 is 1.69 bits per heavy atom. The number of hydrogen-bond donors (Lipinski definition) is 2. The third-order valence-electron chi connectivity index (χ3n) is 1.80. The van der Waals surface area contributed by atoms with Crippen LogP contribution < -0.4 is 4.72 Å². The maximum atomic E-state index is 11.8. The Labute approximate surface area is 93.6 Å². The van der Waals surface area contributed by atoms with E-state index in [-0.39, 0.29) is 17.2 Å². The summed E-state index contributed by atoms with van der Waals surface area (Å²) in [4.78, 5) is 3.47. The first-order valence-corrected chi connectivity index (χ1v) is 5.98. The molecule has 0 bridgehead atoms. The van der Waals surface area contributed by atoms with Gasteiger partial charge in [0.15, 0.2) is 5.69 Å². The molecular weight excluding hydrogens is 230 g/mol. The second kappa shape index (κ2) is 5.03. The van der Waals surface area contributed by atoms with Gasteiger partial charge in [0, 0.05) is 12.2 Å². The summed E-state index contributed by atoms with van der Waals surface area (Å²) < 4.78 is 25.8. The van der Waals surface area contributed by atoms with E-state index in [1.807, 2.05) is 0 Å². The van der Waals surface area contributed by atoms with Crippen molar-refractivity contribution >= 4 is 10.0 Å². The number of aromatic nitrogens is 1. The van der Waals surface area contributed by atoms with Gasteiger partial charge in [0.05, 0.1) is 6.61 Å². The molecule has 86 valence electrons. The van der Waals surface area contributed by atoms with Crippen LogP contribution in [0.3, 0.4) is 0 Å². The normalized spacial score (nSPS) is 13.1. The van der Waals surface area contributed by atoms with Gasteiger partial charge in [-0.05, 0) is 19.1 Å². The third kappa shape index (κ3) is 2.76. The number of pyridine rings is 1. The predicted octanol–water partition coefficient (Wildman–Crippen LogP) is -0.388. The maximum absolute atomic E-state index is 11.8. The van der Waals surface area contributed by atoms with E-state index in [2.05, 4.69) is 9.71 Å². The van der Waals surface area contributed by atoms with Gasteiger partial charge in [0.1, 0.15) is 11.0 Å². The smallest absolute Gasteiger partial charge is 0.243 e. The Hall–Kier alpha value is -1.49. The van der Waals surface area contributed by atoms with Crippen molar-refractivity contribution in [2.45, 2.75) is 17.9 Å². The quantitative estimate of drug-likeness (QED) is 0.747. The number of rotatable bonds is 4. The zero-order chi connectivity index (χ0) is 12.2. The molecule has 0 aromatic carbocycles. The molecule has 6 nitrogen and oxygen atoms in total. The number of aliphatic hydroxyl groups is 1. The van der Waals surface area contributed by atoms with Crippen LogP contribution in [0.2, 0.25) is 0 Å². The average molecular weight is 241 g/mol. The van der Waals surface area contributed by atoms with E-state index in [9.17, 15) is 8.42 Å². The largest absolute Gasteiger partial charge is 0.395 e. The van der Waals surface area contributed by atoms with E-state index in [1.54, 1.807) is 6.07 Å². The van der Waals surface area contributed by atoms with Crippen LogP contribution in [0.25, 0.3) is 0 Å². The van der Waals surface area contributed by atoms with Gasteiger partial charge in [0.25, 0.3) is 0 Å². The molecule has 1 rings (SSSR count). The summed E-state index contributed by atoms with van der Waals surface area (Å²) in [6.07, 6.45) is 1.34. The molecule has 0 unspecified atom stereocenters. The first-order chi connectivity index (χ1) is 7.51. The molecule has 1 aromatic heterocycles. The molecule has 0 aliphatic carbocycles. The molecule has 2 N–H and O–H groups in total. The predicted molar refractivity (Wildman–Crippen MR) is 55.8 cm³/mol. The summed E-state index contributed by atoms with van der Waals surface area (Å²) >= 11 is 0. The molecule has 1 aromatic rings. The van der Waals surface area contributed by atoms with Crippen molar-refractivity contribution in [2.75, 3.05) is 6.61 Å². The van der Waals surface area contributed by atoms with Crippen LogP contribution in [-0.4, -0.2) is 31.2 Å². The van der Waals surface area contributed by atoms with Gasteiger partial charge in [-0.15, -0.1) is 0 Å². The molecule has 16 heavy (non-hydrogen) atoms. The minimum atomic E-state index is -3.81. The monoisotopic (exact) mass is 241 g/mol. The molecule has 0 spiro atoms. The highest BCUT2D eigenvalue weighted by Gasteiger charge is 2.20. The maximum Gasteiger partial charge on any atom is 0.243 e. The number of nitrogens with zero attached hydrogens (tertiary/aromatic N) is 2. The van der Waals surface area contributed by atoms with Crippen molar-refractivity contribution in [1.29, 1.82) is 5.26 Å². The van der Waals surface area contributed by atoms with E-state index in [0.717, 1.165) is 0 Å². The molecule has 0 amide bonds. The first-order valence-electron chi connectivity index (χ1n) is 4.49. The summed E-state index contributed by atoms with van der Waals surface area (Å²) in [5.41, 5.74) is -0.167. The standard InChI is InChI=1S/C9H11N3O3S/c1-7(6-13)12-16(14,15)9-3-2-4-11-8(9)5-10/h2-4,7,12-13H,6H2,1H3/t7-/m0/s1. The molecule has 0 aliphatic rings. The zero-order valence-electron chi connectivity index (χ0n) is 8.58. The molecule has 0 fully saturated rings. The fourth-order valence-corrected chi connectivity index (χ4v) is 2.40. The highest BCUT2D eigenvalue weighted by Crippen LogP contribution is 2.11. The van der Waals surface area contributed by atoms with Gasteiger partial charge in [-0.1, -0.05) is 0 Å². The summed E-state index contributed by atoms with van der Waals surface area (Å²) in [5.74, 6) is 0. The number of hydrogen-bond acceptors (Lipinski definition) is 5. The van der Waals surface area contributed by atoms with E-state index in [1.165, 1.54) is 25.3 Å². The van der Waals surface area contributed by atoms with Crippen LogP contribution in [0, 0.1) is 11.3 Å². The van der Waals surface area contributed by atoms with Crippen LogP contribution in [0.5, 0.6) is 0 Å². The molecule has 1 atom stereocenters. The zero-order valence-corrected chi connectivity index (χ0v) is 9.40. The molecule has 0 saturated carbocycles.